The number of amides is 3. The van der Waals surface area contributed by atoms with Crippen molar-refractivity contribution in [2.45, 2.75) is 13.3 Å². The molecule has 2 aromatic carbocycles. The number of nitrogens with one attached hydrogen (secondary N) is 2. The number of carbonyl (C=O) groups excluding carboxylic acids is 2. The Morgan fingerprint density at radius 3 is 2.50 bits per heavy atom. The van der Waals surface area contributed by atoms with Crippen molar-refractivity contribution in [3.05, 3.63) is 65.9 Å². The predicted octanol–water partition coefficient (Wildman–Crippen LogP) is 3.06. The molecular weight excluding hydrogens is 430 g/mol. The number of urea groups is 1. The van der Waals surface area contributed by atoms with E-state index >= 15 is 0 Å². The van der Waals surface area contributed by atoms with Crippen LogP contribution in [-0.2, 0) is 11.2 Å². The SMILES string of the molecule is COc1ccc(CC(=O)N2CCN(CCNC(=O)Nc3cc(C)nc4ccccc34)CC2)cc1. The Bertz CT molecular complexity index is 1140. The van der Waals surface area contributed by atoms with Crippen molar-refractivity contribution in [3.63, 3.8) is 0 Å². The van der Waals surface area contributed by atoms with Gasteiger partial charge in [0.05, 0.1) is 24.7 Å². The fourth-order valence-corrected chi connectivity index (χ4v) is 4.16. The van der Waals surface area contributed by atoms with Crippen LogP contribution in [0, 0.1) is 6.92 Å². The van der Waals surface area contributed by atoms with E-state index in [1.165, 1.54) is 0 Å². The van der Waals surface area contributed by atoms with Crippen molar-refractivity contribution in [1.29, 1.82) is 0 Å². The number of methoxy groups -OCH3 is 1. The molecule has 1 aromatic heterocycles. The van der Waals surface area contributed by atoms with Gasteiger partial charge in [0.15, 0.2) is 0 Å². The largest absolute Gasteiger partial charge is 0.497 e. The highest BCUT2D eigenvalue weighted by molar-refractivity contribution is 6.00. The van der Waals surface area contributed by atoms with Crippen LogP contribution in [0.2, 0.25) is 0 Å². The van der Waals surface area contributed by atoms with E-state index in [-0.39, 0.29) is 11.9 Å². The van der Waals surface area contributed by atoms with Gasteiger partial charge in [0.1, 0.15) is 5.75 Å². The van der Waals surface area contributed by atoms with Gasteiger partial charge >= 0.3 is 6.03 Å². The molecule has 0 radical (unpaired) electrons. The van der Waals surface area contributed by atoms with Gasteiger partial charge in [-0.2, -0.15) is 0 Å². The maximum atomic E-state index is 12.6. The highest BCUT2D eigenvalue weighted by atomic mass is 16.5. The number of aryl methyl sites for hydroxylation is 1. The topological polar surface area (TPSA) is 86.8 Å². The number of hydrogen-bond acceptors (Lipinski definition) is 5. The van der Waals surface area contributed by atoms with E-state index in [1.807, 2.05) is 66.4 Å². The van der Waals surface area contributed by atoms with Gasteiger partial charge in [-0.25, -0.2) is 4.79 Å². The summed E-state index contributed by atoms with van der Waals surface area (Å²) >= 11 is 0. The third-order valence-corrected chi connectivity index (χ3v) is 6.05. The second-order valence-electron chi connectivity index (χ2n) is 8.46. The minimum atomic E-state index is -0.232. The van der Waals surface area contributed by atoms with E-state index in [4.69, 9.17) is 4.74 Å². The molecule has 0 spiro atoms. The molecule has 4 rings (SSSR count). The van der Waals surface area contributed by atoms with Crippen LogP contribution in [0.1, 0.15) is 11.3 Å². The van der Waals surface area contributed by atoms with E-state index in [2.05, 4.69) is 20.5 Å². The quantitative estimate of drug-likeness (QED) is 0.565. The van der Waals surface area contributed by atoms with Gasteiger partial charge in [-0.15, -0.1) is 0 Å². The van der Waals surface area contributed by atoms with Crippen LogP contribution in [0.5, 0.6) is 5.75 Å². The Morgan fingerprint density at radius 1 is 1.03 bits per heavy atom. The zero-order chi connectivity index (χ0) is 23.9. The molecule has 8 heteroatoms. The first-order chi connectivity index (χ1) is 16.5. The van der Waals surface area contributed by atoms with E-state index in [1.54, 1.807) is 7.11 Å². The lowest BCUT2D eigenvalue weighted by atomic mass is 10.1. The van der Waals surface area contributed by atoms with Crippen LogP contribution in [0.3, 0.4) is 0 Å². The van der Waals surface area contributed by atoms with Crippen LogP contribution < -0.4 is 15.4 Å². The zero-order valence-electron chi connectivity index (χ0n) is 19.7. The number of hydrogen-bond donors (Lipinski definition) is 2. The summed E-state index contributed by atoms with van der Waals surface area (Å²) in [7, 11) is 1.63. The van der Waals surface area contributed by atoms with E-state index in [0.29, 0.717) is 26.1 Å². The average molecular weight is 462 g/mol. The van der Waals surface area contributed by atoms with Gasteiger partial charge in [-0.3, -0.25) is 14.7 Å². The standard InChI is InChI=1S/C26H31N5O3/c1-19-17-24(22-5-3-4-6-23(22)28-19)29-26(33)27-11-12-30-13-15-31(16-14-30)25(32)18-20-7-9-21(34-2)10-8-20/h3-10,17H,11-16,18H2,1-2H3,(H2,27,28,29,33). The highest BCUT2D eigenvalue weighted by Gasteiger charge is 2.21. The number of pyridine rings is 1. The van der Waals surface area contributed by atoms with Crippen molar-refractivity contribution in [1.82, 2.24) is 20.1 Å². The van der Waals surface area contributed by atoms with Crippen LogP contribution in [0.25, 0.3) is 10.9 Å². The first-order valence-corrected chi connectivity index (χ1v) is 11.6. The number of rotatable bonds is 7. The molecule has 8 nitrogen and oxygen atoms in total. The number of piperazine rings is 1. The smallest absolute Gasteiger partial charge is 0.319 e. The maximum absolute atomic E-state index is 12.6. The summed E-state index contributed by atoms with van der Waals surface area (Å²) < 4.78 is 5.17. The molecule has 1 aliphatic rings. The number of anilines is 1. The fourth-order valence-electron chi connectivity index (χ4n) is 4.16. The molecule has 0 saturated carbocycles. The third-order valence-electron chi connectivity index (χ3n) is 6.05. The molecule has 178 valence electrons. The minimum absolute atomic E-state index is 0.141. The lowest BCUT2D eigenvalue weighted by Crippen LogP contribution is -2.50. The number of benzene rings is 2. The molecular formula is C26H31N5O3. The molecule has 0 aliphatic carbocycles. The average Bonchev–Trinajstić information content (AvgIpc) is 2.85. The summed E-state index contributed by atoms with van der Waals surface area (Å²) in [6, 6.07) is 17.0. The third kappa shape index (κ3) is 6.02. The van der Waals surface area contributed by atoms with Crippen molar-refractivity contribution < 1.29 is 14.3 Å². The normalized spacial score (nSPS) is 14.1. The Morgan fingerprint density at radius 2 is 1.76 bits per heavy atom. The number of carbonyl (C=O) groups is 2. The molecule has 34 heavy (non-hydrogen) atoms. The second-order valence-corrected chi connectivity index (χ2v) is 8.46. The second kappa shape index (κ2) is 11.0. The molecule has 0 bridgehead atoms. The van der Waals surface area contributed by atoms with Gasteiger partial charge in [0, 0.05) is 50.3 Å². The summed E-state index contributed by atoms with van der Waals surface area (Å²) in [5.74, 6) is 0.929. The van der Waals surface area contributed by atoms with E-state index in [0.717, 1.165) is 53.2 Å². The first-order valence-electron chi connectivity index (χ1n) is 11.6. The summed E-state index contributed by atoms with van der Waals surface area (Å²) in [5.41, 5.74) is 3.45. The van der Waals surface area contributed by atoms with Gasteiger partial charge in [0.2, 0.25) is 5.91 Å². The van der Waals surface area contributed by atoms with E-state index < -0.39 is 0 Å². The van der Waals surface area contributed by atoms with Crippen LogP contribution in [0.15, 0.2) is 54.6 Å². The lowest BCUT2D eigenvalue weighted by molar-refractivity contribution is -0.132. The Hall–Kier alpha value is -3.65. The molecule has 3 amide bonds. The first kappa shape index (κ1) is 23.5. The van der Waals surface area contributed by atoms with Crippen molar-refractivity contribution in [3.8, 4) is 5.75 Å². The molecule has 2 N–H and O–H groups in total. The Kier molecular flexibility index (Phi) is 7.59. The number of fused-ring (bicyclic) bond motifs is 1. The molecule has 0 unspecified atom stereocenters. The zero-order valence-corrected chi connectivity index (χ0v) is 19.7. The van der Waals surface area contributed by atoms with Crippen molar-refractivity contribution >= 4 is 28.5 Å². The summed E-state index contributed by atoms with van der Waals surface area (Å²) in [6.45, 7) is 6.18. The molecule has 1 saturated heterocycles. The lowest BCUT2D eigenvalue weighted by Gasteiger charge is -2.34. The fraction of sp³-hybridized carbons (Fsp3) is 0.346. The molecule has 0 atom stereocenters. The Balaban J connectivity index is 1.19. The van der Waals surface area contributed by atoms with Crippen molar-refractivity contribution in [2.75, 3.05) is 51.7 Å². The summed E-state index contributed by atoms with van der Waals surface area (Å²) in [4.78, 5) is 33.8. The van der Waals surface area contributed by atoms with E-state index in [9.17, 15) is 9.59 Å². The summed E-state index contributed by atoms with van der Waals surface area (Å²) in [6.07, 6.45) is 0.398. The molecule has 3 aromatic rings. The number of ether oxygens (including phenoxy) is 1. The van der Waals surface area contributed by atoms with Crippen LogP contribution in [0.4, 0.5) is 10.5 Å². The van der Waals surface area contributed by atoms with Gasteiger partial charge in [-0.1, -0.05) is 30.3 Å². The van der Waals surface area contributed by atoms with Gasteiger partial charge in [0.25, 0.3) is 0 Å². The molecule has 1 aliphatic heterocycles. The predicted molar refractivity (Wildman–Crippen MR) is 133 cm³/mol. The number of aromatic nitrogens is 1. The maximum Gasteiger partial charge on any atom is 0.319 e. The van der Waals surface area contributed by atoms with Gasteiger partial charge < -0.3 is 20.3 Å². The van der Waals surface area contributed by atoms with Gasteiger partial charge in [-0.05, 0) is 36.8 Å². The number of para-hydroxylation sites is 1. The summed E-state index contributed by atoms with van der Waals surface area (Å²) in [5, 5.41) is 6.80. The van der Waals surface area contributed by atoms with Crippen LogP contribution >= 0.6 is 0 Å². The highest BCUT2D eigenvalue weighted by Crippen LogP contribution is 2.22. The minimum Gasteiger partial charge on any atom is -0.497 e. The molecule has 1 fully saturated rings. The molecule has 2 heterocycles. The van der Waals surface area contributed by atoms with Crippen LogP contribution in [-0.4, -0.2) is 73.1 Å². The number of nitrogens with zero attached hydrogens (tertiary/aromatic N) is 3. The Labute approximate surface area is 199 Å². The van der Waals surface area contributed by atoms with Crippen molar-refractivity contribution in [2.24, 2.45) is 0 Å². The monoisotopic (exact) mass is 461 g/mol.